The molecule has 1 N–H and O–H groups in total. The van der Waals surface area contributed by atoms with Gasteiger partial charge in [0, 0.05) is 25.0 Å². The Bertz CT molecular complexity index is 381. The Kier molecular flexibility index (Phi) is 6.65. The molecule has 0 saturated heterocycles. The highest BCUT2D eigenvalue weighted by molar-refractivity contribution is 5.29. The Labute approximate surface area is 125 Å². The number of hydrogen-bond donors (Lipinski definition) is 1. The second-order valence-electron chi connectivity index (χ2n) is 6.25. The summed E-state index contributed by atoms with van der Waals surface area (Å²) in [5, 5.41) is 3.66. The normalized spacial score (nSPS) is 18.8. The predicted molar refractivity (Wildman–Crippen MR) is 87.2 cm³/mol. The molecule has 0 fully saturated rings. The highest BCUT2D eigenvalue weighted by Crippen LogP contribution is 2.29. The molecule has 2 nitrogen and oxygen atoms in total. The fourth-order valence-electron chi connectivity index (χ4n) is 3.40. The van der Waals surface area contributed by atoms with E-state index in [1.807, 2.05) is 0 Å². The van der Waals surface area contributed by atoms with Gasteiger partial charge in [-0.3, -0.25) is 0 Å². The summed E-state index contributed by atoms with van der Waals surface area (Å²) in [6, 6.07) is 0.596. The van der Waals surface area contributed by atoms with Crippen LogP contribution in [0.3, 0.4) is 0 Å². The predicted octanol–water partition coefficient (Wildman–Crippen LogP) is 4.84. The maximum absolute atomic E-state index is 3.66. The van der Waals surface area contributed by atoms with Crippen LogP contribution >= 0.6 is 0 Å². The highest BCUT2D eigenvalue weighted by Gasteiger charge is 2.19. The van der Waals surface area contributed by atoms with E-state index in [2.05, 4.69) is 36.1 Å². The topological polar surface area (TPSA) is 17.0 Å². The number of hydrogen-bond acceptors (Lipinski definition) is 1. The summed E-state index contributed by atoms with van der Waals surface area (Å²) in [5.74, 6) is 0. The van der Waals surface area contributed by atoms with E-state index in [0.717, 1.165) is 6.54 Å². The summed E-state index contributed by atoms with van der Waals surface area (Å²) < 4.78 is 2.45. The SMILES string of the molecule is CCCCCCCn1cc2c(c1)C(NCC)CCCC2. The van der Waals surface area contributed by atoms with Gasteiger partial charge in [0.25, 0.3) is 0 Å². The van der Waals surface area contributed by atoms with Crippen LogP contribution in [0, 0.1) is 0 Å². The average molecular weight is 276 g/mol. The van der Waals surface area contributed by atoms with E-state index in [-0.39, 0.29) is 0 Å². The molecule has 0 amide bonds. The molecule has 0 radical (unpaired) electrons. The van der Waals surface area contributed by atoms with Crippen LogP contribution in [-0.2, 0) is 13.0 Å². The number of rotatable bonds is 8. The molecule has 114 valence electrons. The molecule has 1 atom stereocenters. The first kappa shape index (κ1) is 15.6. The van der Waals surface area contributed by atoms with Gasteiger partial charge in [-0.05, 0) is 43.4 Å². The molecule has 0 saturated carbocycles. The standard InChI is InChI=1S/C18H32N2/c1-3-5-6-7-10-13-20-14-16-11-8-9-12-18(19-4-2)17(16)15-20/h14-15,18-19H,3-13H2,1-2H3. The molecule has 20 heavy (non-hydrogen) atoms. The fourth-order valence-corrected chi connectivity index (χ4v) is 3.40. The molecule has 1 unspecified atom stereocenters. The summed E-state index contributed by atoms with van der Waals surface area (Å²) in [4.78, 5) is 0. The number of aryl methyl sites for hydroxylation is 2. The molecule has 1 aromatic rings. The molecular weight excluding hydrogens is 244 g/mol. The van der Waals surface area contributed by atoms with Gasteiger partial charge in [0.15, 0.2) is 0 Å². The zero-order valence-electron chi connectivity index (χ0n) is 13.5. The Morgan fingerprint density at radius 3 is 2.75 bits per heavy atom. The molecule has 1 aromatic heterocycles. The first-order valence-corrected chi connectivity index (χ1v) is 8.77. The second-order valence-corrected chi connectivity index (χ2v) is 6.25. The number of unbranched alkanes of at least 4 members (excludes halogenated alkanes) is 4. The maximum Gasteiger partial charge on any atom is 0.0337 e. The third kappa shape index (κ3) is 4.37. The van der Waals surface area contributed by atoms with E-state index in [0.29, 0.717) is 6.04 Å². The van der Waals surface area contributed by atoms with Crippen LogP contribution in [0.5, 0.6) is 0 Å². The highest BCUT2D eigenvalue weighted by atomic mass is 15.0. The maximum atomic E-state index is 3.66. The number of aromatic nitrogens is 1. The Hall–Kier alpha value is -0.760. The van der Waals surface area contributed by atoms with E-state index < -0.39 is 0 Å². The van der Waals surface area contributed by atoms with E-state index in [4.69, 9.17) is 0 Å². The van der Waals surface area contributed by atoms with Crippen molar-refractivity contribution in [3.05, 3.63) is 23.5 Å². The zero-order chi connectivity index (χ0) is 14.2. The van der Waals surface area contributed by atoms with Gasteiger partial charge in [-0.25, -0.2) is 0 Å². The van der Waals surface area contributed by atoms with Crippen molar-refractivity contribution in [3.63, 3.8) is 0 Å². The molecule has 0 bridgehead atoms. The lowest BCUT2D eigenvalue weighted by Crippen LogP contribution is -2.20. The molecule has 0 aromatic carbocycles. The summed E-state index contributed by atoms with van der Waals surface area (Å²) >= 11 is 0. The number of nitrogens with zero attached hydrogens (tertiary/aromatic N) is 1. The van der Waals surface area contributed by atoms with Crippen molar-refractivity contribution in [1.82, 2.24) is 9.88 Å². The minimum Gasteiger partial charge on any atom is -0.354 e. The largest absolute Gasteiger partial charge is 0.354 e. The smallest absolute Gasteiger partial charge is 0.0337 e. The zero-order valence-corrected chi connectivity index (χ0v) is 13.5. The van der Waals surface area contributed by atoms with Crippen molar-refractivity contribution >= 4 is 0 Å². The third-order valence-electron chi connectivity index (χ3n) is 4.53. The molecule has 1 heterocycles. The van der Waals surface area contributed by atoms with Crippen LogP contribution in [-0.4, -0.2) is 11.1 Å². The van der Waals surface area contributed by atoms with E-state index in [1.54, 1.807) is 11.1 Å². The molecule has 2 heteroatoms. The molecule has 0 aliphatic heterocycles. The summed E-state index contributed by atoms with van der Waals surface area (Å²) in [7, 11) is 0. The quantitative estimate of drug-likeness (QED) is 0.531. The van der Waals surface area contributed by atoms with Crippen molar-refractivity contribution in [2.75, 3.05) is 6.54 Å². The van der Waals surface area contributed by atoms with Gasteiger partial charge in [-0.1, -0.05) is 46.0 Å². The third-order valence-corrected chi connectivity index (χ3v) is 4.53. The lowest BCUT2D eigenvalue weighted by atomic mass is 10.0. The molecule has 1 aliphatic rings. The molecule has 1 aliphatic carbocycles. The van der Waals surface area contributed by atoms with Crippen LogP contribution in [0.15, 0.2) is 12.4 Å². The van der Waals surface area contributed by atoms with Crippen LogP contribution in [0.4, 0.5) is 0 Å². The summed E-state index contributed by atoms with van der Waals surface area (Å²) in [6.45, 7) is 6.78. The summed E-state index contributed by atoms with van der Waals surface area (Å²) in [6.07, 6.45) is 17.0. The van der Waals surface area contributed by atoms with Crippen LogP contribution in [0.25, 0.3) is 0 Å². The number of nitrogens with one attached hydrogen (secondary N) is 1. The molecule has 0 spiro atoms. The van der Waals surface area contributed by atoms with Crippen LogP contribution in [0.1, 0.15) is 82.4 Å². The van der Waals surface area contributed by atoms with E-state index in [9.17, 15) is 0 Å². The fraction of sp³-hybridized carbons (Fsp3) is 0.778. The Morgan fingerprint density at radius 1 is 1.10 bits per heavy atom. The van der Waals surface area contributed by atoms with Gasteiger partial charge in [0.1, 0.15) is 0 Å². The van der Waals surface area contributed by atoms with Gasteiger partial charge >= 0.3 is 0 Å². The molecule has 2 rings (SSSR count). The summed E-state index contributed by atoms with van der Waals surface area (Å²) in [5.41, 5.74) is 3.18. The number of fused-ring (bicyclic) bond motifs is 1. The monoisotopic (exact) mass is 276 g/mol. The second kappa shape index (κ2) is 8.51. The first-order chi connectivity index (χ1) is 9.85. The Balaban J connectivity index is 1.91. The van der Waals surface area contributed by atoms with Crippen molar-refractivity contribution in [3.8, 4) is 0 Å². The van der Waals surface area contributed by atoms with Crippen molar-refractivity contribution in [2.45, 2.75) is 84.2 Å². The van der Waals surface area contributed by atoms with Gasteiger partial charge in [0.05, 0.1) is 0 Å². The van der Waals surface area contributed by atoms with Crippen LogP contribution in [0.2, 0.25) is 0 Å². The molecular formula is C18H32N2. The van der Waals surface area contributed by atoms with Crippen molar-refractivity contribution in [2.24, 2.45) is 0 Å². The van der Waals surface area contributed by atoms with Gasteiger partial charge in [0.2, 0.25) is 0 Å². The van der Waals surface area contributed by atoms with Crippen molar-refractivity contribution < 1.29 is 0 Å². The lowest BCUT2D eigenvalue weighted by molar-refractivity contribution is 0.500. The van der Waals surface area contributed by atoms with E-state index in [1.165, 1.54) is 64.3 Å². The van der Waals surface area contributed by atoms with Crippen molar-refractivity contribution in [1.29, 1.82) is 0 Å². The van der Waals surface area contributed by atoms with Gasteiger partial charge < -0.3 is 9.88 Å². The minimum atomic E-state index is 0.596. The van der Waals surface area contributed by atoms with Gasteiger partial charge in [-0.2, -0.15) is 0 Å². The Morgan fingerprint density at radius 2 is 1.95 bits per heavy atom. The lowest BCUT2D eigenvalue weighted by Gasteiger charge is -2.15. The van der Waals surface area contributed by atoms with Crippen LogP contribution < -0.4 is 5.32 Å². The first-order valence-electron chi connectivity index (χ1n) is 8.77. The van der Waals surface area contributed by atoms with Gasteiger partial charge in [-0.15, -0.1) is 0 Å². The van der Waals surface area contributed by atoms with E-state index >= 15 is 0 Å². The minimum absolute atomic E-state index is 0.596. The average Bonchev–Trinajstić information content (AvgIpc) is 2.76.